The Hall–Kier alpha value is -3.36. The zero-order valence-electron chi connectivity index (χ0n) is 17.4. The third kappa shape index (κ3) is 5.16. The number of hydrogen-bond donors (Lipinski definition) is 1. The smallest absolute Gasteiger partial charge is 0.252 e. The van der Waals surface area contributed by atoms with Crippen molar-refractivity contribution in [2.75, 3.05) is 13.9 Å². The molecule has 0 fully saturated rings. The number of hydrogen-bond acceptors (Lipinski definition) is 4. The number of unbranched alkanes of at least 4 members (excludes halogenated alkanes) is 1. The standard InChI is InChI=1S/C25H26N2O3/c1-18(22-12-7-10-19-8-3-4-11-23(19)22)27-25(28)24-16-21(30-17-29-2)14-13-20(24)9-5-6-15-26/h3-4,7-8,10-14,16,18H,5-6,9,17H2,1-2H3,(H,27,28). The highest BCUT2D eigenvalue weighted by Gasteiger charge is 2.17. The van der Waals surface area contributed by atoms with Gasteiger partial charge in [-0.2, -0.15) is 5.26 Å². The second kappa shape index (κ2) is 10.4. The van der Waals surface area contributed by atoms with Crippen LogP contribution >= 0.6 is 0 Å². The first-order chi connectivity index (χ1) is 14.6. The number of nitriles is 1. The Bertz CT molecular complexity index is 1050. The van der Waals surface area contributed by atoms with E-state index in [0.717, 1.165) is 21.9 Å². The summed E-state index contributed by atoms with van der Waals surface area (Å²) >= 11 is 0. The summed E-state index contributed by atoms with van der Waals surface area (Å²) in [6.45, 7) is 2.10. The fraction of sp³-hybridized carbons (Fsp3) is 0.280. The number of carbonyl (C=O) groups is 1. The van der Waals surface area contributed by atoms with Crippen LogP contribution in [0.15, 0.2) is 60.7 Å². The summed E-state index contributed by atoms with van der Waals surface area (Å²) in [5.74, 6) is 0.411. The van der Waals surface area contributed by atoms with Crippen molar-refractivity contribution in [3.63, 3.8) is 0 Å². The molecule has 3 rings (SSSR count). The van der Waals surface area contributed by atoms with Crippen LogP contribution in [-0.2, 0) is 11.2 Å². The molecule has 1 amide bonds. The van der Waals surface area contributed by atoms with Crippen LogP contribution in [0.3, 0.4) is 0 Å². The van der Waals surface area contributed by atoms with E-state index in [4.69, 9.17) is 14.7 Å². The largest absolute Gasteiger partial charge is 0.468 e. The van der Waals surface area contributed by atoms with Crippen molar-refractivity contribution in [3.8, 4) is 11.8 Å². The fourth-order valence-electron chi connectivity index (χ4n) is 3.54. The first kappa shape index (κ1) is 21.4. The topological polar surface area (TPSA) is 71.3 Å². The summed E-state index contributed by atoms with van der Waals surface area (Å²) < 4.78 is 10.5. The van der Waals surface area contributed by atoms with Crippen molar-refractivity contribution in [1.82, 2.24) is 5.32 Å². The molecule has 0 saturated carbocycles. The fourth-order valence-corrected chi connectivity index (χ4v) is 3.54. The van der Waals surface area contributed by atoms with E-state index in [9.17, 15) is 4.79 Å². The molecular formula is C25H26N2O3. The molecule has 1 N–H and O–H groups in total. The van der Waals surface area contributed by atoms with Crippen LogP contribution in [0.1, 0.15) is 47.3 Å². The second-order valence-electron chi connectivity index (χ2n) is 7.15. The van der Waals surface area contributed by atoms with Gasteiger partial charge in [0.1, 0.15) is 5.75 Å². The molecule has 1 atom stereocenters. The quantitative estimate of drug-likeness (QED) is 0.396. The first-order valence-corrected chi connectivity index (χ1v) is 10.0. The number of nitrogens with one attached hydrogen (secondary N) is 1. The SMILES string of the molecule is COCOc1ccc(CCCC#N)c(C(=O)NC(C)c2cccc3ccccc23)c1. The van der Waals surface area contributed by atoms with E-state index in [2.05, 4.69) is 29.6 Å². The number of fused-ring (bicyclic) bond motifs is 1. The van der Waals surface area contributed by atoms with E-state index in [1.165, 1.54) is 0 Å². The lowest BCUT2D eigenvalue weighted by Gasteiger charge is -2.18. The van der Waals surface area contributed by atoms with E-state index >= 15 is 0 Å². The summed E-state index contributed by atoms with van der Waals surface area (Å²) in [7, 11) is 1.55. The van der Waals surface area contributed by atoms with E-state index in [1.807, 2.05) is 43.3 Å². The normalized spacial score (nSPS) is 11.6. The third-order valence-corrected chi connectivity index (χ3v) is 5.04. The highest BCUT2D eigenvalue weighted by atomic mass is 16.7. The van der Waals surface area contributed by atoms with Crippen LogP contribution in [0.5, 0.6) is 5.75 Å². The van der Waals surface area contributed by atoms with Crippen molar-refractivity contribution in [3.05, 3.63) is 77.4 Å². The van der Waals surface area contributed by atoms with Gasteiger partial charge in [0, 0.05) is 19.1 Å². The Morgan fingerprint density at radius 2 is 1.93 bits per heavy atom. The van der Waals surface area contributed by atoms with Crippen LogP contribution in [0.4, 0.5) is 0 Å². The van der Waals surface area contributed by atoms with Gasteiger partial charge in [-0.25, -0.2) is 0 Å². The van der Waals surface area contributed by atoms with E-state index < -0.39 is 0 Å². The van der Waals surface area contributed by atoms with Crippen molar-refractivity contribution in [2.24, 2.45) is 0 Å². The number of aryl methyl sites for hydroxylation is 1. The lowest BCUT2D eigenvalue weighted by atomic mass is 9.98. The van der Waals surface area contributed by atoms with E-state index in [0.29, 0.717) is 30.6 Å². The van der Waals surface area contributed by atoms with Crippen molar-refractivity contribution >= 4 is 16.7 Å². The predicted octanol–water partition coefficient (Wildman–Crippen LogP) is 5.16. The number of benzene rings is 3. The molecule has 30 heavy (non-hydrogen) atoms. The van der Waals surface area contributed by atoms with Gasteiger partial charge in [-0.3, -0.25) is 4.79 Å². The van der Waals surface area contributed by atoms with Gasteiger partial charge in [0.2, 0.25) is 0 Å². The number of rotatable bonds is 9. The maximum absolute atomic E-state index is 13.2. The predicted molar refractivity (Wildman–Crippen MR) is 117 cm³/mol. The molecule has 0 radical (unpaired) electrons. The Balaban J connectivity index is 1.85. The zero-order chi connectivity index (χ0) is 21.3. The minimum Gasteiger partial charge on any atom is -0.468 e. The molecule has 0 aliphatic heterocycles. The average Bonchev–Trinajstić information content (AvgIpc) is 2.77. The van der Waals surface area contributed by atoms with Gasteiger partial charge < -0.3 is 14.8 Å². The van der Waals surface area contributed by atoms with Crippen molar-refractivity contribution in [2.45, 2.75) is 32.2 Å². The molecule has 0 bridgehead atoms. The van der Waals surface area contributed by atoms with Crippen molar-refractivity contribution < 1.29 is 14.3 Å². The summed E-state index contributed by atoms with van der Waals surface area (Å²) in [5, 5.41) is 14.2. The molecule has 0 aliphatic carbocycles. The Kier molecular flexibility index (Phi) is 7.42. The lowest BCUT2D eigenvalue weighted by Crippen LogP contribution is -2.27. The van der Waals surface area contributed by atoms with Crippen LogP contribution < -0.4 is 10.1 Å². The van der Waals surface area contributed by atoms with Crippen LogP contribution in [0.25, 0.3) is 10.8 Å². The molecule has 5 heteroatoms. The average molecular weight is 402 g/mol. The van der Waals surface area contributed by atoms with Crippen molar-refractivity contribution in [1.29, 1.82) is 5.26 Å². The maximum Gasteiger partial charge on any atom is 0.252 e. The number of nitrogens with zero attached hydrogens (tertiary/aromatic N) is 1. The summed E-state index contributed by atoms with van der Waals surface area (Å²) in [6.07, 6.45) is 1.81. The molecule has 0 aromatic heterocycles. The highest BCUT2D eigenvalue weighted by molar-refractivity contribution is 5.97. The lowest BCUT2D eigenvalue weighted by molar-refractivity contribution is 0.0510. The summed E-state index contributed by atoms with van der Waals surface area (Å²) in [6, 6.07) is 21.7. The van der Waals surface area contributed by atoms with E-state index in [-0.39, 0.29) is 18.7 Å². The van der Waals surface area contributed by atoms with Gasteiger partial charge in [-0.05, 0) is 53.8 Å². The number of methoxy groups -OCH3 is 1. The summed E-state index contributed by atoms with van der Waals surface area (Å²) in [5.41, 5.74) is 2.53. The molecule has 0 saturated heterocycles. The van der Waals surface area contributed by atoms with Gasteiger partial charge in [-0.1, -0.05) is 48.5 Å². The van der Waals surface area contributed by atoms with Gasteiger partial charge in [0.05, 0.1) is 12.1 Å². The molecule has 0 spiro atoms. The molecule has 1 unspecified atom stereocenters. The molecule has 3 aromatic carbocycles. The third-order valence-electron chi connectivity index (χ3n) is 5.04. The maximum atomic E-state index is 13.2. The highest BCUT2D eigenvalue weighted by Crippen LogP contribution is 2.25. The van der Waals surface area contributed by atoms with E-state index in [1.54, 1.807) is 13.2 Å². The van der Waals surface area contributed by atoms with Gasteiger partial charge in [0.25, 0.3) is 5.91 Å². The van der Waals surface area contributed by atoms with Gasteiger partial charge in [-0.15, -0.1) is 0 Å². The van der Waals surface area contributed by atoms with Gasteiger partial charge in [0.15, 0.2) is 6.79 Å². The summed E-state index contributed by atoms with van der Waals surface area (Å²) in [4.78, 5) is 13.2. The van der Waals surface area contributed by atoms with Crippen LogP contribution in [0, 0.1) is 11.3 Å². The molecule has 0 heterocycles. The number of carbonyl (C=O) groups excluding carboxylic acids is 1. The molecular weight excluding hydrogens is 376 g/mol. The molecule has 5 nitrogen and oxygen atoms in total. The molecule has 154 valence electrons. The monoisotopic (exact) mass is 402 g/mol. The first-order valence-electron chi connectivity index (χ1n) is 10.0. The second-order valence-corrected chi connectivity index (χ2v) is 7.15. The van der Waals surface area contributed by atoms with Crippen LogP contribution in [0.2, 0.25) is 0 Å². The Labute approximate surface area is 177 Å². The minimum absolute atomic E-state index is 0.112. The Morgan fingerprint density at radius 3 is 2.73 bits per heavy atom. The van der Waals surface area contributed by atoms with Crippen LogP contribution in [-0.4, -0.2) is 19.8 Å². The Morgan fingerprint density at radius 1 is 1.13 bits per heavy atom. The number of ether oxygens (including phenoxy) is 2. The minimum atomic E-state index is -0.167. The molecule has 3 aromatic rings. The number of amides is 1. The zero-order valence-corrected chi connectivity index (χ0v) is 17.4. The van der Waals surface area contributed by atoms with Gasteiger partial charge >= 0.3 is 0 Å². The molecule has 0 aliphatic rings.